The number of carboxylic acids is 2. The summed E-state index contributed by atoms with van der Waals surface area (Å²) in [6, 6.07) is 9.08. The van der Waals surface area contributed by atoms with Gasteiger partial charge in [-0.25, -0.2) is 9.59 Å². The summed E-state index contributed by atoms with van der Waals surface area (Å²) < 4.78 is 0. The Morgan fingerprint density at radius 3 is 2.26 bits per heavy atom. The minimum absolute atomic E-state index is 0.844. The molecule has 1 aromatic carbocycles. The Labute approximate surface area is 165 Å². The van der Waals surface area contributed by atoms with Gasteiger partial charge in [0, 0.05) is 43.8 Å². The minimum Gasteiger partial charge on any atom is -0.473 e. The van der Waals surface area contributed by atoms with E-state index < -0.39 is 11.9 Å². The zero-order chi connectivity index (χ0) is 19.8. The zero-order valence-electron chi connectivity index (χ0n) is 15.8. The fourth-order valence-electron chi connectivity index (χ4n) is 3.89. The van der Waals surface area contributed by atoms with Crippen LogP contribution in [0.25, 0.3) is 0 Å². The Kier molecular flexibility index (Phi) is 8.54. The van der Waals surface area contributed by atoms with E-state index in [2.05, 4.69) is 28.9 Å². The van der Waals surface area contributed by atoms with E-state index in [0.717, 1.165) is 23.5 Å². The molecule has 0 spiro atoms. The van der Waals surface area contributed by atoms with Crippen LogP contribution >= 0.6 is 11.6 Å². The van der Waals surface area contributed by atoms with Gasteiger partial charge in [0.2, 0.25) is 0 Å². The first-order valence-corrected chi connectivity index (χ1v) is 9.90. The molecule has 0 aromatic heterocycles. The van der Waals surface area contributed by atoms with Crippen LogP contribution in [-0.2, 0) is 16.1 Å². The molecule has 1 aliphatic heterocycles. The lowest BCUT2D eigenvalue weighted by Gasteiger charge is -2.42. The Hall–Kier alpha value is -1.63. The third-order valence-electron chi connectivity index (χ3n) is 5.37. The van der Waals surface area contributed by atoms with E-state index in [1.807, 2.05) is 12.1 Å². The monoisotopic (exact) mass is 396 g/mol. The van der Waals surface area contributed by atoms with Crippen molar-refractivity contribution in [1.82, 2.24) is 9.80 Å². The Bertz CT molecular complexity index is 620. The van der Waals surface area contributed by atoms with Crippen LogP contribution in [-0.4, -0.2) is 64.2 Å². The summed E-state index contributed by atoms with van der Waals surface area (Å²) in [5.41, 5.74) is 1.26. The zero-order valence-corrected chi connectivity index (χ0v) is 16.6. The molecule has 2 unspecified atom stereocenters. The highest BCUT2D eigenvalue weighted by Crippen LogP contribution is 2.28. The van der Waals surface area contributed by atoms with Gasteiger partial charge in [-0.1, -0.05) is 49.6 Å². The number of carboxylic acid groups (broad SMARTS) is 2. The van der Waals surface area contributed by atoms with Crippen molar-refractivity contribution < 1.29 is 19.8 Å². The number of benzene rings is 1. The van der Waals surface area contributed by atoms with E-state index >= 15 is 0 Å². The molecule has 3 rings (SSSR count). The number of rotatable bonds is 3. The molecule has 7 heteroatoms. The van der Waals surface area contributed by atoms with Gasteiger partial charge in [0.25, 0.3) is 0 Å². The fourth-order valence-corrected chi connectivity index (χ4v) is 4.08. The third kappa shape index (κ3) is 7.13. The Balaban J connectivity index is 0.000000380. The predicted molar refractivity (Wildman–Crippen MR) is 105 cm³/mol. The summed E-state index contributed by atoms with van der Waals surface area (Å²) in [6.45, 7) is 8.21. The summed E-state index contributed by atoms with van der Waals surface area (Å²) in [5.74, 6) is -2.73. The van der Waals surface area contributed by atoms with Gasteiger partial charge >= 0.3 is 11.9 Å². The van der Waals surface area contributed by atoms with Crippen molar-refractivity contribution in [2.24, 2.45) is 5.92 Å². The minimum atomic E-state index is -1.82. The van der Waals surface area contributed by atoms with E-state index in [1.165, 1.54) is 57.4 Å². The average molecular weight is 397 g/mol. The number of hydrogen-bond acceptors (Lipinski definition) is 4. The topological polar surface area (TPSA) is 81.1 Å². The molecule has 1 aliphatic carbocycles. The van der Waals surface area contributed by atoms with Gasteiger partial charge in [-0.05, 0) is 30.4 Å². The maximum atomic E-state index is 9.10. The highest BCUT2D eigenvalue weighted by atomic mass is 35.5. The molecule has 0 bridgehead atoms. The summed E-state index contributed by atoms with van der Waals surface area (Å²) in [4.78, 5) is 23.5. The summed E-state index contributed by atoms with van der Waals surface area (Å²) >= 11 is 6.27. The highest BCUT2D eigenvalue weighted by Gasteiger charge is 2.27. The first kappa shape index (κ1) is 21.7. The van der Waals surface area contributed by atoms with E-state index in [4.69, 9.17) is 31.4 Å². The number of aliphatic carboxylic acids is 2. The molecule has 2 fully saturated rings. The van der Waals surface area contributed by atoms with Gasteiger partial charge in [-0.15, -0.1) is 0 Å². The van der Waals surface area contributed by atoms with Gasteiger partial charge < -0.3 is 10.2 Å². The van der Waals surface area contributed by atoms with Crippen LogP contribution in [0.2, 0.25) is 5.02 Å². The molecule has 1 heterocycles. The van der Waals surface area contributed by atoms with Gasteiger partial charge in [0.1, 0.15) is 0 Å². The van der Waals surface area contributed by atoms with Crippen molar-refractivity contribution in [3.63, 3.8) is 0 Å². The van der Waals surface area contributed by atoms with Gasteiger partial charge in [0.15, 0.2) is 0 Å². The Morgan fingerprint density at radius 1 is 1.07 bits per heavy atom. The summed E-state index contributed by atoms with van der Waals surface area (Å²) in [6.07, 6.45) is 5.67. The normalized spacial score (nSPS) is 23.9. The standard InChI is InChI=1S/C18H27ClN2.C2H2O4/c1-15-5-4-7-17(13-15)21-11-9-20(10-12-21)14-16-6-2-3-8-18(16)19;3-1(4)2(5)6/h2-3,6,8,15,17H,4-5,7,9-14H2,1H3;(H,3,4)(H,5,6). The number of nitrogens with zero attached hydrogens (tertiary/aromatic N) is 2. The lowest BCUT2D eigenvalue weighted by molar-refractivity contribution is -0.159. The quantitative estimate of drug-likeness (QED) is 0.763. The van der Waals surface area contributed by atoms with Crippen LogP contribution < -0.4 is 0 Å². The average Bonchev–Trinajstić information content (AvgIpc) is 2.65. The smallest absolute Gasteiger partial charge is 0.414 e. The second kappa shape index (κ2) is 10.6. The number of carbonyl (C=O) groups is 2. The molecular weight excluding hydrogens is 368 g/mol. The largest absolute Gasteiger partial charge is 0.473 e. The molecule has 1 saturated heterocycles. The van der Waals surface area contributed by atoms with Crippen LogP contribution in [0.15, 0.2) is 24.3 Å². The molecule has 150 valence electrons. The molecular formula is C20H29ClN2O4. The first-order chi connectivity index (χ1) is 12.9. The van der Waals surface area contributed by atoms with Crippen molar-refractivity contribution in [1.29, 1.82) is 0 Å². The molecule has 6 nitrogen and oxygen atoms in total. The fraction of sp³-hybridized carbons (Fsp3) is 0.600. The number of hydrogen-bond donors (Lipinski definition) is 2. The molecule has 0 radical (unpaired) electrons. The lowest BCUT2D eigenvalue weighted by atomic mass is 9.86. The molecule has 2 N–H and O–H groups in total. The maximum Gasteiger partial charge on any atom is 0.414 e. The van der Waals surface area contributed by atoms with Gasteiger partial charge in [0.05, 0.1) is 0 Å². The summed E-state index contributed by atoms with van der Waals surface area (Å²) in [5, 5.41) is 15.7. The van der Waals surface area contributed by atoms with E-state index in [1.54, 1.807) is 0 Å². The molecule has 0 amide bonds. The molecule has 2 atom stereocenters. The van der Waals surface area contributed by atoms with E-state index in [0.29, 0.717) is 0 Å². The summed E-state index contributed by atoms with van der Waals surface area (Å²) in [7, 11) is 0. The van der Waals surface area contributed by atoms with Crippen molar-refractivity contribution in [3.05, 3.63) is 34.9 Å². The maximum absolute atomic E-state index is 9.10. The van der Waals surface area contributed by atoms with Crippen LogP contribution in [0.5, 0.6) is 0 Å². The van der Waals surface area contributed by atoms with Crippen molar-refractivity contribution in [2.75, 3.05) is 26.2 Å². The SMILES string of the molecule is CC1CCCC(N2CCN(Cc3ccccc3Cl)CC2)C1.O=C(O)C(=O)O. The highest BCUT2D eigenvalue weighted by molar-refractivity contribution is 6.31. The van der Waals surface area contributed by atoms with Crippen molar-refractivity contribution in [2.45, 2.75) is 45.2 Å². The molecule has 1 aromatic rings. The van der Waals surface area contributed by atoms with Crippen LogP contribution in [0, 0.1) is 5.92 Å². The van der Waals surface area contributed by atoms with Crippen LogP contribution in [0.3, 0.4) is 0 Å². The predicted octanol–water partition coefficient (Wildman–Crippen LogP) is 3.19. The molecule has 27 heavy (non-hydrogen) atoms. The van der Waals surface area contributed by atoms with E-state index in [-0.39, 0.29) is 0 Å². The first-order valence-electron chi connectivity index (χ1n) is 9.53. The van der Waals surface area contributed by atoms with E-state index in [9.17, 15) is 0 Å². The number of halogens is 1. The van der Waals surface area contributed by atoms with Crippen LogP contribution in [0.4, 0.5) is 0 Å². The van der Waals surface area contributed by atoms with Gasteiger partial charge in [-0.2, -0.15) is 0 Å². The van der Waals surface area contributed by atoms with Crippen molar-refractivity contribution >= 4 is 23.5 Å². The second-order valence-electron chi connectivity index (χ2n) is 7.44. The van der Waals surface area contributed by atoms with Crippen molar-refractivity contribution in [3.8, 4) is 0 Å². The van der Waals surface area contributed by atoms with Gasteiger partial charge in [-0.3, -0.25) is 9.80 Å². The number of piperazine rings is 1. The molecule has 2 aliphatic rings. The third-order valence-corrected chi connectivity index (χ3v) is 5.74. The Morgan fingerprint density at radius 2 is 1.70 bits per heavy atom. The molecule has 1 saturated carbocycles. The second-order valence-corrected chi connectivity index (χ2v) is 7.85. The lowest BCUT2D eigenvalue weighted by Crippen LogP contribution is -2.50. The van der Waals surface area contributed by atoms with Crippen LogP contribution in [0.1, 0.15) is 38.2 Å².